The van der Waals surface area contributed by atoms with Gasteiger partial charge in [0.2, 0.25) is 0 Å². The summed E-state index contributed by atoms with van der Waals surface area (Å²) in [5, 5.41) is 3.36. The van der Waals surface area contributed by atoms with E-state index in [-0.39, 0.29) is 0 Å². The molecule has 0 aliphatic carbocycles. The van der Waals surface area contributed by atoms with Crippen LogP contribution in [0.15, 0.2) is 46.9 Å². The van der Waals surface area contributed by atoms with Crippen molar-refractivity contribution in [3.63, 3.8) is 0 Å². The molecule has 5 heteroatoms. The highest BCUT2D eigenvalue weighted by atomic mass is 32.1. The number of aromatic amines is 1. The third-order valence-electron chi connectivity index (χ3n) is 5.78. The molecule has 3 fully saturated rings. The monoisotopic (exact) mass is 350 g/mol. The van der Waals surface area contributed by atoms with E-state index < -0.39 is 0 Å². The molecule has 25 heavy (non-hydrogen) atoms. The van der Waals surface area contributed by atoms with Crippen LogP contribution in [0.4, 0.5) is 5.69 Å². The number of hydrogen-bond donors (Lipinski definition) is 2. The number of H-pyrrole nitrogens is 1. The second-order valence-corrected chi connectivity index (χ2v) is 8.14. The number of aromatic nitrogens is 1. The van der Waals surface area contributed by atoms with E-state index in [1.807, 2.05) is 17.5 Å². The fraction of sp³-hybridized carbons (Fsp3) is 0.350. The fourth-order valence-corrected chi connectivity index (χ4v) is 5.08. The zero-order valence-corrected chi connectivity index (χ0v) is 14.9. The predicted molar refractivity (Wildman–Crippen MR) is 105 cm³/mol. The van der Waals surface area contributed by atoms with Gasteiger partial charge in [0.05, 0.1) is 10.6 Å². The molecule has 3 aliphatic rings. The molecule has 2 aromatic heterocycles. The summed E-state index contributed by atoms with van der Waals surface area (Å²) in [6.07, 6.45) is 4.90. The molecule has 6 rings (SSSR count). The maximum Gasteiger partial charge on any atom is 0.141 e. The van der Waals surface area contributed by atoms with Gasteiger partial charge in [0.1, 0.15) is 5.84 Å². The van der Waals surface area contributed by atoms with Crippen molar-refractivity contribution >= 4 is 33.8 Å². The Labute approximate surface area is 151 Å². The molecule has 0 amide bonds. The number of hydrogen-bond acceptors (Lipinski definition) is 3. The van der Waals surface area contributed by atoms with Gasteiger partial charge in [-0.1, -0.05) is 12.1 Å². The number of nitrogens with one attached hydrogen (secondary N) is 1. The van der Waals surface area contributed by atoms with Crippen molar-refractivity contribution < 1.29 is 0 Å². The highest BCUT2D eigenvalue weighted by Gasteiger charge is 2.35. The van der Waals surface area contributed by atoms with Crippen LogP contribution < -0.4 is 5.73 Å². The van der Waals surface area contributed by atoms with Crippen LogP contribution in [0.1, 0.15) is 29.2 Å². The average Bonchev–Trinajstić information content (AvgIpc) is 3.32. The fourth-order valence-electron chi connectivity index (χ4n) is 4.45. The molecule has 5 heterocycles. The number of aliphatic imine (C=N–C) groups is 1. The first-order valence-electron chi connectivity index (χ1n) is 8.99. The van der Waals surface area contributed by atoms with Crippen LogP contribution in [0.5, 0.6) is 0 Å². The average molecular weight is 350 g/mol. The number of nitrogens with two attached hydrogens (primary N) is 1. The Kier molecular flexibility index (Phi) is 3.64. The van der Waals surface area contributed by atoms with Crippen LogP contribution >= 0.6 is 11.3 Å². The van der Waals surface area contributed by atoms with Gasteiger partial charge in [-0.3, -0.25) is 0 Å². The van der Waals surface area contributed by atoms with Crippen molar-refractivity contribution in [2.45, 2.75) is 18.8 Å². The van der Waals surface area contributed by atoms with Crippen LogP contribution in [0.2, 0.25) is 0 Å². The molecule has 4 nitrogen and oxygen atoms in total. The molecular weight excluding hydrogens is 328 g/mol. The predicted octanol–water partition coefficient (Wildman–Crippen LogP) is 4.08. The Morgan fingerprint density at radius 2 is 2.12 bits per heavy atom. The first-order chi connectivity index (χ1) is 12.3. The second kappa shape index (κ2) is 6.00. The first-order valence-corrected chi connectivity index (χ1v) is 9.87. The van der Waals surface area contributed by atoms with Crippen LogP contribution in [0, 0.1) is 5.92 Å². The van der Waals surface area contributed by atoms with E-state index in [1.54, 1.807) is 11.3 Å². The lowest BCUT2D eigenvalue weighted by Crippen LogP contribution is -2.46. The van der Waals surface area contributed by atoms with Gasteiger partial charge in [-0.05, 0) is 61.0 Å². The van der Waals surface area contributed by atoms with E-state index in [9.17, 15) is 0 Å². The Bertz CT molecular complexity index is 916. The highest BCUT2D eigenvalue weighted by Crippen LogP contribution is 2.41. The molecule has 3 aliphatic heterocycles. The van der Waals surface area contributed by atoms with Crippen molar-refractivity contribution in [2.75, 3.05) is 19.6 Å². The lowest BCUT2D eigenvalue weighted by Gasteiger charge is -2.44. The Morgan fingerprint density at radius 3 is 2.84 bits per heavy atom. The molecule has 2 bridgehead atoms. The summed E-state index contributed by atoms with van der Waals surface area (Å²) in [5.74, 6) is 2.09. The third-order valence-corrected chi connectivity index (χ3v) is 6.67. The van der Waals surface area contributed by atoms with Gasteiger partial charge in [-0.2, -0.15) is 0 Å². The zero-order valence-electron chi connectivity index (χ0n) is 14.1. The van der Waals surface area contributed by atoms with E-state index in [0.29, 0.717) is 11.8 Å². The van der Waals surface area contributed by atoms with Crippen molar-refractivity contribution in [2.24, 2.45) is 16.6 Å². The van der Waals surface area contributed by atoms with Crippen molar-refractivity contribution in [1.82, 2.24) is 9.88 Å². The molecule has 3 N–H and O–H groups in total. The number of amidine groups is 1. The van der Waals surface area contributed by atoms with Crippen molar-refractivity contribution in [3.8, 4) is 0 Å². The number of piperidine rings is 3. The number of rotatable bonds is 3. The van der Waals surface area contributed by atoms with Crippen molar-refractivity contribution in [1.29, 1.82) is 0 Å². The van der Waals surface area contributed by atoms with E-state index >= 15 is 0 Å². The largest absolute Gasteiger partial charge is 0.383 e. The van der Waals surface area contributed by atoms with E-state index in [0.717, 1.165) is 22.0 Å². The van der Waals surface area contributed by atoms with E-state index in [1.165, 1.54) is 43.4 Å². The molecule has 128 valence electrons. The standard InChI is InChI=1S/C20H22N4S/c21-20(19-2-1-9-25-19)23-14-3-4-15-16(11-22-18(15)10-14)17-12-24-7-5-13(17)6-8-24/h1-4,9-11,13,17,22H,5-8,12H2,(H2,21,23)/t17-/m0/s1. The summed E-state index contributed by atoms with van der Waals surface area (Å²) >= 11 is 1.62. The zero-order chi connectivity index (χ0) is 16.8. The van der Waals surface area contributed by atoms with E-state index in [4.69, 9.17) is 5.73 Å². The number of nitrogens with zero attached hydrogens (tertiary/aromatic N) is 2. The minimum absolute atomic E-state index is 0.582. The van der Waals surface area contributed by atoms with Crippen molar-refractivity contribution in [3.05, 3.63) is 52.3 Å². The summed E-state index contributed by atoms with van der Waals surface area (Å²) in [6, 6.07) is 10.4. The quantitative estimate of drug-likeness (QED) is 0.552. The summed E-state index contributed by atoms with van der Waals surface area (Å²) in [4.78, 5) is 11.7. The molecular formula is C20H22N4S. The van der Waals surface area contributed by atoms with Crippen LogP contribution in [-0.4, -0.2) is 35.4 Å². The minimum atomic E-state index is 0.582. The van der Waals surface area contributed by atoms with Gasteiger partial charge in [0.25, 0.3) is 0 Å². The van der Waals surface area contributed by atoms with Gasteiger partial charge in [-0.25, -0.2) is 4.99 Å². The van der Waals surface area contributed by atoms with Crippen LogP contribution in [0.25, 0.3) is 10.9 Å². The molecule has 0 spiro atoms. The lowest BCUT2D eigenvalue weighted by molar-refractivity contribution is 0.0876. The summed E-state index contributed by atoms with van der Waals surface area (Å²) < 4.78 is 0. The first kappa shape index (κ1) is 15.2. The summed E-state index contributed by atoms with van der Waals surface area (Å²) in [6.45, 7) is 3.78. The van der Waals surface area contributed by atoms with Gasteiger partial charge < -0.3 is 15.6 Å². The SMILES string of the molecule is NC(=Nc1ccc2c([C@H]3CN4CCC3CC4)c[nH]c2c1)c1cccs1. The number of thiophene rings is 1. The van der Waals surface area contributed by atoms with Gasteiger partial charge in [-0.15, -0.1) is 11.3 Å². The van der Waals surface area contributed by atoms with Crippen LogP contribution in [-0.2, 0) is 0 Å². The molecule has 3 saturated heterocycles. The summed E-state index contributed by atoms with van der Waals surface area (Å²) in [5.41, 5.74) is 9.66. The number of fused-ring (bicyclic) bond motifs is 4. The highest BCUT2D eigenvalue weighted by molar-refractivity contribution is 7.12. The molecule has 1 atom stereocenters. The Morgan fingerprint density at radius 1 is 1.24 bits per heavy atom. The maximum absolute atomic E-state index is 6.12. The lowest BCUT2D eigenvalue weighted by atomic mass is 9.75. The molecule has 0 unspecified atom stereocenters. The topological polar surface area (TPSA) is 57.4 Å². The normalized spacial score (nSPS) is 26.4. The number of benzene rings is 1. The molecule has 1 aromatic carbocycles. The van der Waals surface area contributed by atoms with Crippen LogP contribution in [0.3, 0.4) is 0 Å². The van der Waals surface area contributed by atoms with Gasteiger partial charge in [0, 0.05) is 29.6 Å². The minimum Gasteiger partial charge on any atom is -0.383 e. The van der Waals surface area contributed by atoms with Gasteiger partial charge >= 0.3 is 0 Å². The molecule has 0 saturated carbocycles. The second-order valence-electron chi connectivity index (χ2n) is 7.19. The summed E-state index contributed by atoms with van der Waals surface area (Å²) in [7, 11) is 0. The molecule has 3 aromatic rings. The van der Waals surface area contributed by atoms with E-state index in [2.05, 4.69) is 39.3 Å². The maximum atomic E-state index is 6.12. The Hall–Kier alpha value is -2.11. The van der Waals surface area contributed by atoms with Gasteiger partial charge in [0.15, 0.2) is 0 Å². The smallest absolute Gasteiger partial charge is 0.141 e. The Balaban J connectivity index is 1.48. The molecule has 0 radical (unpaired) electrons. The third kappa shape index (κ3) is 2.68.